The van der Waals surface area contributed by atoms with Crippen LogP contribution in [-0.2, 0) is 12.0 Å². The molecular weight excluding hydrogens is 458 g/mol. The molecule has 27 heavy (non-hydrogen) atoms. The lowest BCUT2D eigenvalue weighted by molar-refractivity contribution is 0.376. The van der Waals surface area contributed by atoms with E-state index in [1.807, 2.05) is 39.0 Å². The summed E-state index contributed by atoms with van der Waals surface area (Å²) >= 11 is 0. The van der Waals surface area contributed by atoms with Gasteiger partial charge in [-0.15, -0.1) is 24.0 Å². The second kappa shape index (κ2) is 10.6. The molecule has 2 aromatic rings. The summed E-state index contributed by atoms with van der Waals surface area (Å²) in [7, 11) is 0. The Balaban J connectivity index is 0.00000364. The molecule has 150 valence electrons. The van der Waals surface area contributed by atoms with E-state index in [2.05, 4.69) is 34.6 Å². The van der Waals surface area contributed by atoms with Gasteiger partial charge in [0.1, 0.15) is 12.4 Å². The monoisotopic (exact) mass is 488 g/mol. The van der Waals surface area contributed by atoms with Gasteiger partial charge in [0.25, 0.3) is 0 Å². The molecule has 0 atom stereocenters. The lowest BCUT2D eigenvalue weighted by Crippen LogP contribution is -2.43. The van der Waals surface area contributed by atoms with Gasteiger partial charge < -0.3 is 15.2 Å². The highest BCUT2D eigenvalue weighted by molar-refractivity contribution is 14.0. The fraction of sp³-hybridized carbons (Fsp3) is 0.500. The first kappa shape index (κ1) is 23.4. The van der Waals surface area contributed by atoms with Crippen molar-refractivity contribution in [2.75, 3.05) is 13.1 Å². The van der Waals surface area contributed by atoms with Gasteiger partial charge in [-0.25, -0.2) is 9.38 Å². The molecule has 1 aromatic heterocycles. The van der Waals surface area contributed by atoms with E-state index >= 15 is 0 Å². The summed E-state index contributed by atoms with van der Waals surface area (Å²) in [6, 6.07) is 8.81. The van der Waals surface area contributed by atoms with Crippen molar-refractivity contribution in [2.24, 2.45) is 4.99 Å². The number of aliphatic imine (C=N–C) groups is 1. The van der Waals surface area contributed by atoms with Crippen LogP contribution in [0.2, 0.25) is 0 Å². The first-order valence-electron chi connectivity index (χ1n) is 9.06. The third-order valence-electron chi connectivity index (χ3n) is 4.21. The first-order chi connectivity index (χ1) is 12.3. The maximum Gasteiger partial charge on any atom is 0.191 e. The summed E-state index contributed by atoms with van der Waals surface area (Å²) in [6.07, 6.45) is 0. The molecule has 0 aliphatic heterocycles. The smallest absolute Gasteiger partial charge is 0.191 e. The normalized spacial score (nSPS) is 12.0. The molecule has 0 aliphatic carbocycles. The van der Waals surface area contributed by atoms with E-state index in [1.165, 1.54) is 6.07 Å². The van der Waals surface area contributed by atoms with Crippen LogP contribution in [0.3, 0.4) is 0 Å². The van der Waals surface area contributed by atoms with Crippen molar-refractivity contribution in [3.05, 3.63) is 53.2 Å². The number of hydrogen-bond acceptors (Lipinski definition) is 3. The van der Waals surface area contributed by atoms with Gasteiger partial charge in [-0.1, -0.05) is 51.1 Å². The average molecular weight is 488 g/mol. The van der Waals surface area contributed by atoms with Crippen LogP contribution in [0.15, 0.2) is 39.8 Å². The Hall–Kier alpha value is -1.64. The lowest BCUT2D eigenvalue weighted by atomic mass is 9.84. The topological polar surface area (TPSA) is 62.5 Å². The SMILES string of the molecule is CCNC(=NCc1cc(C(C)C)no1)NCC(C)(C)c1ccccc1F.I. The van der Waals surface area contributed by atoms with Gasteiger partial charge in [0.05, 0.1) is 5.69 Å². The summed E-state index contributed by atoms with van der Waals surface area (Å²) in [5, 5.41) is 10.5. The molecule has 0 bridgehead atoms. The number of rotatable bonds is 7. The minimum absolute atomic E-state index is 0. The summed E-state index contributed by atoms with van der Waals surface area (Å²) in [5.74, 6) is 1.52. The van der Waals surface area contributed by atoms with Gasteiger partial charge in [0.15, 0.2) is 11.7 Å². The molecule has 0 saturated carbocycles. The highest BCUT2D eigenvalue weighted by Gasteiger charge is 2.24. The van der Waals surface area contributed by atoms with E-state index in [0.717, 1.165) is 18.0 Å². The van der Waals surface area contributed by atoms with Crippen molar-refractivity contribution < 1.29 is 8.91 Å². The lowest BCUT2D eigenvalue weighted by Gasteiger charge is -2.27. The van der Waals surface area contributed by atoms with Gasteiger partial charge in [-0.2, -0.15) is 0 Å². The number of hydrogen-bond donors (Lipinski definition) is 2. The molecule has 2 N–H and O–H groups in total. The Morgan fingerprint density at radius 3 is 2.56 bits per heavy atom. The van der Waals surface area contributed by atoms with Crippen LogP contribution in [0.1, 0.15) is 57.6 Å². The summed E-state index contributed by atoms with van der Waals surface area (Å²) in [6.45, 7) is 11.8. The maximum absolute atomic E-state index is 14.1. The maximum atomic E-state index is 14.1. The van der Waals surface area contributed by atoms with Gasteiger partial charge in [-0.05, 0) is 24.5 Å². The van der Waals surface area contributed by atoms with Crippen LogP contribution in [-0.4, -0.2) is 24.2 Å². The number of halogens is 2. The fourth-order valence-electron chi connectivity index (χ4n) is 2.58. The first-order valence-corrected chi connectivity index (χ1v) is 9.06. The van der Waals surface area contributed by atoms with E-state index < -0.39 is 0 Å². The molecule has 0 amide bonds. The number of guanidine groups is 1. The molecule has 5 nitrogen and oxygen atoms in total. The van der Waals surface area contributed by atoms with Crippen molar-refractivity contribution in [3.63, 3.8) is 0 Å². The van der Waals surface area contributed by atoms with E-state index in [0.29, 0.717) is 30.5 Å². The van der Waals surface area contributed by atoms with Gasteiger partial charge >= 0.3 is 0 Å². The minimum atomic E-state index is -0.376. The predicted molar refractivity (Wildman–Crippen MR) is 118 cm³/mol. The Kier molecular flexibility index (Phi) is 9.21. The second-order valence-electron chi connectivity index (χ2n) is 7.29. The zero-order valence-corrected chi connectivity index (χ0v) is 19.0. The van der Waals surface area contributed by atoms with E-state index in [1.54, 1.807) is 6.07 Å². The quantitative estimate of drug-likeness (QED) is 0.340. The minimum Gasteiger partial charge on any atom is -0.359 e. The molecule has 0 spiro atoms. The average Bonchev–Trinajstić information content (AvgIpc) is 3.07. The Morgan fingerprint density at radius 1 is 1.26 bits per heavy atom. The van der Waals surface area contributed by atoms with Crippen LogP contribution >= 0.6 is 24.0 Å². The zero-order valence-electron chi connectivity index (χ0n) is 16.7. The van der Waals surface area contributed by atoms with Crippen molar-refractivity contribution >= 4 is 29.9 Å². The Labute approximate surface area is 178 Å². The summed E-state index contributed by atoms with van der Waals surface area (Å²) < 4.78 is 19.4. The van der Waals surface area contributed by atoms with Gasteiger partial charge in [-0.3, -0.25) is 0 Å². The summed E-state index contributed by atoms with van der Waals surface area (Å²) in [5.41, 5.74) is 1.23. The van der Waals surface area contributed by atoms with Crippen molar-refractivity contribution in [1.29, 1.82) is 0 Å². The molecule has 2 rings (SSSR count). The fourth-order valence-corrected chi connectivity index (χ4v) is 2.58. The van der Waals surface area contributed by atoms with Crippen molar-refractivity contribution in [1.82, 2.24) is 15.8 Å². The highest BCUT2D eigenvalue weighted by atomic mass is 127. The molecule has 0 radical (unpaired) electrons. The molecule has 7 heteroatoms. The predicted octanol–water partition coefficient (Wildman–Crippen LogP) is 4.59. The third kappa shape index (κ3) is 6.79. The molecule has 0 aliphatic rings. The molecule has 1 aromatic carbocycles. The van der Waals surface area contributed by atoms with Gasteiger partial charge in [0.2, 0.25) is 0 Å². The van der Waals surface area contributed by atoms with Crippen LogP contribution in [0.5, 0.6) is 0 Å². The number of aromatic nitrogens is 1. The Bertz CT molecular complexity index is 743. The van der Waals surface area contributed by atoms with Gasteiger partial charge in [0, 0.05) is 24.6 Å². The van der Waals surface area contributed by atoms with Crippen molar-refractivity contribution in [3.8, 4) is 0 Å². The van der Waals surface area contributed by atoms with Crippen LogP contribution in [0.4, 0.5) is 4.39 Å². The molecule has 0 fully saturated rings. The van der Waals surface area contributed by atoms with Crippen LogP contribution < -0.4 is 10.6 Å². The van der Waals surface area contributed by atoms with Crippen LogP contribution in [0, 0.1) is 5.82 Å². The zero-order chi connectivity index (χ0) is 19.2. The molecule has 0 saturated heterocycles. The number of nitrogens with zero attached hydrogens (tertiary/aromatic N) is 2. The van der Waals surface area contributed by atoms with Crippen LogP contribution in [0.25, 0.3) is 0 Å². The van der Waals surface area contributed by atoms with E-state index in [9.17, 15) is 4.39 Å². The molecular formula is C20H30FIN4O. The molecule has 0 unspecified atom stereocenters. The Morgan fingerprint density at radius 2 is 1.96 bits per heavy atom. The largest absolute Gasteiger partial charge is 0.359 e. The number of benzene rings is 1. The molecule has 1 heterocycles. The summed E-state index contributed by atoms with van der Waals surface area (Å²) in [4.78, 5) is 4.54. The standard InChI is InChI=1S/C20H29FN4O.HI/c1-6-22-19(23-12-15-11-18(14(2)3)25-26-15)24-13-20(4,5)16-9-7-8-10-17(16)21;/h7-11,14H,6,12-13H2,1-5H3,(H2,22,23,24);1H. The third-order valence-corrected chi connectivity index (χ3v) is 4.21. The van der Waals surface area contributed by atoms with Crippen molar-refractivity contribution in [2.45, 2.75) is 52.5 Å². The van der Waals surface area contributed by atoms with E-state index in [4.69, 9.17) is 4.52 Å². The highest BCUT2D eigenvalue weighted by Crippen LogP contribution is 2.24. The second-order valence-corrected chi connectivity index (χ2v) is 7.29. The number of nitrogens with one attached hydrogen (secondary N) is 2. The van der Waals surface area contributed by atoms with E-state index in [-0.39, 0.29) is 35.2 Å².